The number of hydrogen-bond acceptors (Lipinski definition) is 2. The number of unbranched alkanes of at least 4 members (excludes halogenated alkanes) is 3. The standard InChI is InChI=1S/C22H36NO2.BrH/c1-4-5-6-12-17-23(2,3)18-20-15-10-11-16-21(20)25-22(24)19-13-8-7-9-14-19;/h7-9,13-14,20-21H,4-6,10-12,15-18H2,1-3H3;1H/q+1;/p-1/t20-,21-;/m0./s1. The van der Waals surface area contributed by atoms with Gasteiger partial charge in [0.25, 0.3) is 0 Å². The van der Waals surface area contributed by atoms with Crippen LogP contribution in [0.4, 0.5) is 0 Å². The Morgan fingerprint density at radius 1 is 1.08 bits per heavy atom. The molecule has 1 saturated carbocycles. The second-order valence-electron chi connectivity index (χ2n) is 8.26. The summed E-state index contributed by atoms with van der Waals surface area (Å²) in [7, 11) is 4.66. The van der Waals surface area contributed by atoms with Gasteiger partial charge in [0.05, 0.1) is 32.7 Å². The summed E-state index contributed by atoms with van der Waals surface area (Å²) in [6, 6.07) is 9.40. The van der Waals surface area contributed by atoms with Gasteiger partial charge in [0.1, 0.15) is 6.10 Å². The van der Waals surface area contributed by atoms with Gasteiger partial charge in [-0.1, -0.05) is 44.4 Å². The maximum Gasteiger partial charge on any atom is 0.338 e. The second kappa shape index (κ2) is 11.8. The van der Waals surface area contributed by atoms with Crippen LogP contribution in [0.5, 0.6) is 0 Å². The van der Waals surface area contributed by atoms with Gasteiger partial charge < -0.3 is 26.2 Å². The maximum atomic E-state index is 12.4. The molecule has 0 unspecified atom stereocenters. The molecular formula is C22H36BrNO2. The number of halogens is 1. The SMILES string of the molecule is CCCCCC[N+](C)(C)C[C@@H]1CCCC[C@@H]1OC(=O)c1ccccc1.[Br-]. The number of carbonyl (C=O) groups is 1. The highest BCUT2D eigenvalue weighted by Gasteiger charge is 2.33. The van der Waals surface area contributed by atoms with E-state index < -0.39 is 0 Å². The molecule has 1 aromatic carbocycles. The summed E-state index contributed by atoms with van der Waals surface area (Å²) in [5.74, 6) is 0.327. The number of ether oxygens (including phenoxy) is 1. The fourth-order valence-electron chi connectivity index (χ4n) is 4.01. The van der Waals surface area contributed by atoms with Gasteiger partial charge in [-0.15, -0.1) is 0 Å². The van der Waals surface area contributed by atoms with E-state index in [0.717, 1.165) is 17.4 Å². The van der Waals surface area contributed by atoms with Crippen molar-refractivity contribution in [2.24, 2.45) is 5.92 Å². The Bertz CT molecular complexity index is 518. The molecule has 3 nitrogen and oxygen atoms in total. The number of carbonyl (C=O) groups excluding carboxylic acids is 1. The van der Waals surface area contributed by atoms with Gasteiger partial charge in [-0.2, -0.15) is 0 Å². The monoisotopic (exact) mass is 425 g/mol. The third kappa shape index (κ3) is 7.79. The van der Waals surface area contributed by atoms with Crippen molar-refractivity contribution in [3.05, 3.63) is 35.9 Å². The molecular weight excluding hydrogens is 390 g/mol. The molecule has 1 aliphatic carbocycles. The smallest absolute Gasteiger partial charge is 0.338 e. The summed E-state index contributed by atoms with van der Waals surface area (Å²) < 4.78 is 6.97. The van der Waals surface area contributed by atoms with Gasteiger partial charge in [0.15, 0.2) is 0 Å². The van der Waals surface area contributed by atoms with Crippen LogP contribution in [-0.2, 0) is 4.74 Å². The molecule has 0 spiro atoms. The Labute approximate surface area is 170 Å². The first-order valence-electron chi connectivity index (χ1n) is 10.1. The maximum absolute atomic E-state index is 12.4. The molecule has 2 atom stereocenters. The number of rotatable bonds is 9. The van der Waals surface area contributed by atoms with Gasteiger partial charge >= 0.3 is 5.97 Å². The van der Waals surface area contributed by atoms with E-state index in [-0.39, 0.29) is 29.1 Å². The van der Waals surface area contributed by atoms with E-state index in [2.05, 4.69) is 21.0 Å². The van der Waals surface area contributed by atoms with Gasteiger partial charge in [-0.05, 0) is 44.2 Å². The van der Waals surface area contributed by atoms with E-state index in [0.29, 0.717) is 11.5 Å². The second-order valence-corrected chi connectivity index (χ2v) is 8.26. The van der Waals surface area contributed by atoms with Crippen LogP contribution < -0.4 is 17.0 Å². The largest absolute Gasteiger partial charge is 1.00 e. The fourth-order valence-corrected chi connectivity index (χ4v) is 4.01. The Morgan fingerprint density at radius 3 is 2.46 bits per heavy atom. The fraction of sp³-hybridized carbons (Fsp3) is 0.682. The highest BCUT2D eigenvalue weighted by Crippen LogP contribution is 2.29. The summed E-state index contributed by atoms with van der Waals surface area (Å²) in [6.45, 7) is 4.59. The summed E-state index contributed by atoms with van der Waals surface area (Å²) in [5, 5.41) is 0. The molecule has 0 radical (unpaired) electrons. The number of quaternary nitrogens is 1. The number of hydrogen-bond donors (Lipinski definition) is 0. The lowest BCUT2D eigenvalue weighted by atomic mass is 9.85. The molecule has 0 saturated heterocycles. The number of benzene rings is 1. The molecule has 148 valence electrons. The lowest BCUT2D eigenvalue weighted by Gasteiger charge is -2.38. The van der Waals surface area contributed by atoms with E-state index in [4.69, 9.17) is 4.74 Å². The molecule has 0 bridgehead atoms. The molecule has 1 aromatic rings. The van der Waals surface area contributed by atoms with E-state index in [9.17, 15) is 4.79 Å². The van der Waals surface area contributed by atoms with Gasteiger partial charge in [0, 0.05) is 5.92 Å². The van der Waals surface area contributed by atoms with Crippen molar-refractivity contribution < 1.29 is 31.0 Å². The van der Waals surface area contributed by atoms with Gasteiger partial charge in [0.2, 0.25) is 0 Å². The van der Waals surface area contributed by atoms with E-state index in [1.807, 2.05) is 30.3 Å². The predicted molar refractivity (Wildman–Crippen MR) is 104 cm³/mol. The molecule has 0 N–H and O–H groups in total. The predicted octanol–water partition coefficient (Wildman–Crippen LogP) is 2.06. The van der Waals surface area contributed by atoms with Crippen molar-refractivity contribution in [1.29, 1.82) is 0 Å². The zero-order valence-corrected chi connectivity index (χ0v) is 18.3. The summed E-state index contributed by atoms with van der Waals surface area (Å²) >= 11 is 0. The third-order valence-electron chi connectivity index (χ3n) is 5.45. The van der Waals surface area contributed by atoms with Crippen molar-refractivity contribution in [3.63, 3.8) is 0 Å². The first kappa shape index (κ1) is 23.2. The minimum atomic E-state index is -0.161. The highest BCUT2D eigenvalue weighted by molar-refractivity contribution is 5.89. The lowest BCUT2D eigenvalue weighted by molar-refractivity contribution is -0.894. The Morgan fingerprint density at radius 2 is 1.77 bits per heavy atom. The van der Waals surface area contributed by atoms with Crippen LogP contribution in [0.3, 0.4) is 0 Å². The van der Waals surface area contributed by atoms with Gasteiger partial charge in [-0.3, -0.25) is 0 Å². The normalized spacial score (nSPS) is 20.3. The quantitative estimate of drug-likeness (QED) is 0.343. The molecule has 0 aliphatic heterocycles. The highest BCUT2D eigenvalue weighted by atomic mass is 79.9. The van der Waals surface area contributed by atoms with Crippen molar-refractivity contribution in [2.45, 2.75) is 64.4 Å². The van der Waals surface area contributed by atoms with Crippen LogP contribution >= 0.6 is 0 Å². The minimum absolute atomic E-state index is 0. The average Bonchev–Trinajstić information content (AvgIpc) is 2.61. The van der Waals surface area contributed by atoms with Crippen LogP contribution in [0.1, 0.15) is 68.6 Å². The molecule has 2 rings (SSSR count). The Balaban J connectivity index is 0.00000338. The van der Waals surface area contributed by atoms with Crippen LogP contribution in [0.2, 0.25) is 0 Å². The number of nitrogens with zero attached hydrogens (tertiary/aromatic N) is 1. The molecule has 0 heterocycles. The third-order valence-corrected chi connectivity index (χ3v) is 5.45. The zero-order chi connectivity index (χ0) is 18.1. The molecule has 0 amide bonds. The van der Waals surface area contributed by atoms with Crippen molar-refractivity contribution >= 4 is 5.97 Å². The zero-order valence-electron chi connectivity index (χ0n) is 16.8. The molecule has 1 fully saturated rings. The van der Waals surface area contributed by atoms with E-state index in [1.165, 1.54) is 51.5 Å². The van der Waals surface area contributed by atoms with Crippen LogP contribution in [-0.4, -0.2) is 43.7 Å². The summed E-state index contributed by atoms with van der Waals surface area (Å²) in [5.41, 5.74) is 0.667. The molecule has 1 aliphatic rings. The lowest BCUT2D eigenvalue weighted by Crippen LogP contribution is -3.00. The van der Waals surface area contributed by atoms with Crippen molar-refractivity contribution in [1.82, 2.24) is 0 Å². The molecule has 0 aromatic heterocycles. The Kier molecular flexibility index (Phi) is 10.5. The Hall–Kier alpha value is -0.870. The summed E-state index contributed by atoms with van der Waals surface area (Å²) in [6.07, 6.45) is 9.95. The average molecular weight is 426 g/mol. The van der Waals surface area contributed by atoms with Crippen molar-refractivity contribution in [3.8, 4) is 0 Å². The minimum Gasteiger partial charge on any atom is -1.00 e. The van der Waals surface area contributed by atoms with Crippen LogP contribution in [0.25, 0.3) is 0 Å². The van der Waals surface area contributed by atoms with Gasteiger partial charge in [-0.25, -0.2) is 4.79 Å². The van der Waals surface area contributed by atoms with Crippen molar-refractivity contribution in [2.75, 3.05) is 27.2 Å². The first-order valence-corrected chi connectivity index (χ1v) is 10.1. The van der Waals surface area contributed by atoms with Crippen LogP contribution in [0.15, 0.2) is 30.3 Å². The molecule has 26 heavy (non-hydrogen) atoms. The number of esters is 1. The molecule has 4 heteroatoms. The summed E-state index contributed by atoms with van der Waals surface area (Å²) in [4.78, 5) is 12.4. The van der Waals surface area contributed by atoms with E-state index in [1.54, 1.807) is 0 Å². The van der Waals surface area contributed by atoms with Crippen LogP contribution in [0, 0.1) is 5.92 Å². The van der Waals surface area contributed by atoms with E-state index >= 15 is 0 Å². The first-order chi connectivity index (χ1) is 12.0. The topological polar surface area (TPSA) is 26.3 Å².